The molecule has 0 spiro atoms. The molecule has 1 amide bonds. The minimum Gasteiger partial charge on any atom is -0.463 e. The van der Waals surface area contributed by atoms with E-state index in [0.717, 1.165) is 12.2 Å². The van der Waals surface area contributed by atoms with E-state index >= 15 is 0 Å². The standard InChI is InChI=1S/C106H203NO38/c1-34-103(108)112-39-36-37-105(110)144-70-101(32)142-68-99(30)140-66-97(28)138-64-95(26)136-62-93(24)134-60-91(22)132-58-89(20)130-56-87(18)128-54-85(16)126-52-83(14)124-50-81(12)122-48-79(10)120-46-77(8)118-44-75(6)116-42-73(4)114-41-72(3)115-43-74(5)117-45-76(7)119-47-78(9)121-49-80(11)123-51-82(13)125-53-84(15)127-55-86(17)129-57-88(19)131-59-90(21)133-61-92(23)135-63-94(25)137-65-96(27)139-67-98(29)141-69-100(31)143-71-102(33)145-106(111)107-38-40-113-104(109)35-2/h34-35,72-102H,1-2,36-71H2,3-33H3,(H,107,111). The van der Waals surface area contributed by atoms with Gasteiger partial charge in [0.1, 0.15) is 19.3 Å². The van der Waals surface area contributed by atoms with Gasteiger partial charge in [0.05, 0.1) is 394 Å². The molecular formula is C106H203NO38. The molecule has 860 valence electrons. The normalized spacial score (nSPS) is 18.6. The van der Waals surface area contributed by atoms with Crippen LogP contribution in [-0.2, 0) is 175 Å². The number of carbonyl (C=O) groups is 4. The van der Waals surface area contributed by atoms with Crippen molar-refractivity contribution in [3.05, 3.63) is 25.3 Å². The van der Waals surface area contributed by atoms with Gasteiger partial charge in [-0.05, 0) is 221 Å². The second kappa shape index (κ2) is 89.3. The smallest absolute Gasteiger partial charge is 0.407 e. The van der Waals surface area contributed by atoms with Crippen molar-refractivity contribution in [1.82, 2.24) is 5.32 Å². The van der Waals surface area contributed by atoms with Crippen LogP contribution in [0.4, 0.5) is 4.79 Å². The average Bonchev–Trinajstić information content (AvgIpc) is 0.964. The Morgan fingerprint density at radius 2 is 0.303 bits per heavy atom. The molecule has 0 bridgehead atoms. The first-order valence-corrected chi connectivity index (χ1v) is 52.9. The van der Waals surface area contributed by atoms with E-state index in [1.54, 1.807) is 6.92 Å². The molecule has 0 rings (SSSR count). The maximum Gasteiger partial charge on any atom is 0.407 e. The van der Waals surface area contributed by atoms with Gasteiger partial charge in [0.25, 0.3) is 0 Å². The van der Waals surface area contributed by atoms with Crippen molar-refractivity contribution in [2.75, 3.05) is 225 Å². The Morgan fingerprint density at radius 1 is 0.179 bits per heavy atom. The Balaban J connectivity index is 4.10. The van der Waals surface area contributed by atoms with Crippen molar-refractivity contribution in [1.29, 1.82) is 0 Å². The second-order valence-corrected chi connectivity index (χ2v) is 39.0. The first-order valence-electron chi connectivity index (χ1n) is 52.9. The van der Waals surface area contributed by atoms with E-state index in [-0.39, 0.29) is 228 Å². The number of rotatable bonds is 102. The van der Waals surface area contributed by atoms with Crippen LogP contribution in [0.25, 0.3) is 0 Å². The van der Waals surface area contributed by atoms with Gasteiger partial charge in [-0.3, -0.25) is 4.79 Å². The highest BCUT2D eigenvalue weighted by atomic mass is 16.7. The molecule has 0 fully saturated rings. The van der Waals surface area contributed by atoms with Crippen molar-refractivity contribution >= 4 is 24.0 Å². The zero-order valence-corrected chi connectivity index (χ0v) is 94.9. The lowest BCUT2D eigenvalue weighted by Crippen LogP contribution is -2.33. The SMILES string of the molecule is C=CC(=O)OCCCC(=O)OCC(C)OCC(C)OCC(C)OCC(C)OCC(C)OCC(C)OCC(C)OCC(C)OCC(C)OCC(C)OCC(C)OCC(C)OCC(C)OCC(C)OCC(C)OCC(C)OCC(C)OCC(C)OCC(C)OCC(C)OCC(C)OCC(C)OCC(C)OCC(C)OCC(C)OCC(C)OCC(C)OCC(C)OCC(C)OCC(C)OCC(C)OC(=O)NCCOC(=O)C=C. The number of carbonyl (C=O) groups excluding carboxylic acids is 4. The van der Waals surface area contributed by atoms with Crippen LogP contribution >= 0.6 is 0 Å². The van der Waals surface area contributed by atoms with Gasteiger partial charge in [-0.25, -0.2) is 14.4 Å². The summed E-state index contributed by atoms with van der Waals surface area (Å²) < 4.78 is 200. The third-order valence-corrected chi connectivity index (χ3v) is 21.0. The summed E-state index contributed by atoms with van der Waals surface area (Å²) in [4.78, 5) is 46.1. The van der Waals surface area contributed by atoms with Crippen molar-refractivity contribution in [3.63, 3.8) is 0 Å². The summed E-state index contributed by atoms with van der Waals surface area (Å²) in [6.07, 6.45) is -3.29. The number of alkyl carbamates (subject to hydrolysis) is 1. The first kappa shape index (κ1) is 141. The molecule has 39 heteroatoms. The minimum atomic E-state index is -0.635. The van der Waals surface area contributed by atoms with Crippen LogP contribution in [0.15, 0.2) is 25.3 Å². The van der Waals surface area contributed by atoms with E-state index in [9.17, 15) is 19.2 Å². The van der Waals surface area contributed by atoms with E-state index in [4.69, 9.17) is 161 Å². The van der Waals surface area contributed by atoms with E-state index in [0.29, 0.717) is 198 Å². The molecule has 31 atom stereocenters. The summed E-state index contributed by atoms with van der Waals surface area (Å²) in [5.41, 5.74) is 0. The molecule has 145 heavy (non-hydrogen) atoms. The van der Waals surface area contributed by atoms with Crippen molar-refractivity contribution in [3.8, 4) is 0 Å². The molecule has 39 nitrogen and oxygen atoms in total. The maximum atomic E-state index is 12.0. The van der Waals surface area contributed by atoms with Crippen LogP contribution < -0.4 is 5.32 Å². The molecule has 0 radical (unpaired) electrons. The molecule has 0 saturated heterocycles. The van der Waals surface area contributed by atoms with Gasteiger partial charge in [0.15, 0.2) is 0 Å². The fourth-order valence-corrected chi connectivity index (χ4v) is 11.8. The van der Waals surface area contributed by atoms with Gasteiger partial charge in [-0.1, -0.05) is 13.2 Å². The Hall–Kier alpha value is -4.04. The summed E-state index contributed by atoms with van der Waals surface area (Å²) in [6.45, 7) is 79.2. The number of hydrogen-bond donors (Lipinski definition) is 1. The third-order valence-electron chi connectivity index (χ3n) is 21.0. The average molecular weight is 2100 g/mol. The van der Waals surface area contributed by atoms with Gasteiger partial charge < -0.3 is 166 Å². The van der Waals surface area contributed by atoms with Gasteiger partial charge in [0, 0.05) is 18.6 Å². The topological polar surface area (TPSA) is 394 Å². The van der Waals surface area contributed by atoms with Crippen molar-refractivity contribution < 1.29 is 180 Å². The zero-order valence-electron chi connectivity index (χ0n) is 94.9. The van der Waals surface area contributed by atoms with Crippen LogP contribution in [0.1, 0.15) is 227 Å². The largest absolute Gasteiger partial charge is 0.463 e. The Kier molecular flexibility index (Phi) is 86.8. The van der Waals surface area contributed by atoms with E-state index < -0.39 is 24.1 Å². The van der Waals surface area contributed by atoms with Crippen molar-refractivity contribution in [2.45, 2.75) is 417 Å². The Morgan fingerprint density at radius 3 is 0.441 bits per heavy atom. The predicted octanol–water partition coefficient (Wildman–Crippen LogP) is 13.0. The molecule has 0 aliphatic carbocycles. The summed E-state index contributed by atoms with van der Waals surface area (Å²) in [5.74, 6) is -1.47. The van der Waals surface area contributed by atoms with E-state index in [1.807, 2.05) is 208 Å². The molecule has 1 N–H and O–H groups in total. The molecule has 31 unspecified atom stereocenters. The Bertz CT molecular complexity index is 2950. The third kappa shape index (κ3) is 89.0. The highest BCUT2D eigenvalue weighted by Crippen LogP contribution is 2.16. The monoisotopic (exact) mass is 2100 g/mol. The fraction of sp³-hybridized carbons (Fsp3) is 0.925. The number of amides is 1. The molecule has 0 aromatic heterocycles. The molecule has 0 aliphatic rings. The van der Waals surface area contributed by atoms with Crippen LogP contribution in [0.2, 0.25) is 0 Å². The van der Waals surface area contributed by atoms with Crippen LogP contribution in [-0.4, -0.2) is 438 Å². The number of esters is 3. The zero-order chi connectivity index (χ0) is 109. The van der Waals surface area contributed by atoms with Crippen LogP contribution in [0, 0.1) is 0 Å². The van der Waals surface area contributed by atoms with E-state index in [1.165, 1.54) is 0 Å². The molecule has 0 saturated carbocycles. The maximum absolute atomic E-state index is 12.0. The summed E-state index contributed by atoms with van der Waals surface area (Å²) >= 11 is 0. The van der Waals surface area contributed by atoms with Gasteiger partial charge >= 0.3 is 24.0 Å². The first-order chi connectivity index (χ1) is 68.7. The molecular weight excluding hydrogens is 1900 g/mol. The quantitative estimate of drug-likeness (QED) is 0.0256. The molecule has 0 aliphatic heterocycles. The lowest BCUT2D eigenvalue weighted by atomic mass is 10.3. The summed E-state index contributed by atoms with van der Waals surface area (Å²) in [6, 6.07) is 0. The van der Waals surface area contributed by atoms with E-state index in [2.05, 4.69) is 18.5 Å². The Labute approximate surface area is 872 Å². The van der Waals surface area contributed by atoms with Crippen molar-refractivity contribution in [2.24, 2.45) is 0 Å². The molecule has 0 aromatic carbocycles. The highest BCUT2D eigenvalue weighted by Gasteiger charge is 2.25. The van der Waals surface area contributed by atoms with Gasteiger partial charge in [-0.2, -0.15) is 0 Å². The number of nitrogens with one attached hydrogen (secondary N) is 1. The van der Waals surface area contributed by atoms with Gasteiger partial charge in [-0.15, -0.1) is 0 Å². The van der Waals surface area contributed by atoms with Crippen LogP contribution in [0.3, 0.4) is 0 Å². The summed E-state index contributed by atoms with van der Waals surface area (Å²) in [7, 11) is 0. The lowest BCUT2D eigenvalue weighted by molar-refractivity contribution is -0.150. The fourth-order valence-electron chi connectivity index (χ4n) is 11.8. The highest BCUT2D eigenvalue weighted by molar-refractivity contribution is 5.81. The number of ether oxygens (including phenoxy) is 34. The molecule has 0 heterocycles. The van der Waals surface area contributed by atoms with Gasteiger partial charge in [0.2, 0.25) is 0 Å². The summed E-state index contributed by atoms with van der Waals surface area (Å²) in [5, 5.41) is 2.51. The molecule has 0 aromatic rings. The lowest BCUT2D eigenvalue weighted by Gasteiger charge is -2.24. The minimum absolute atomic E-state index is 0.0128. The number of hydrogen-bond acceptors (Lipinski definition) is 38. The predicted molar refractivity (Wildman–Crippen MR) is 549 cm³/mol. The second-order valence-electron chi connectivity index (χ2n) is 39.0. The van der Waals surface area contributed by atoms with Crippen LogP contribution in [0.5, 0.6) is 0 Å².